The maximum absolute atomic E-state index is 12.5. The van der Waals surface area contributed by atoms with E-state index in [4.69, 9.17) is 4.52 Å². The van der Waals surface area contributed by atoms with E-state index in [0.717, 1.165) is 44.1 Å². The van der Waals surface area contributed by atoms with Gasteiger partial charge in [0, 0.05) is 18.2 Å². The number of aromatic nitrogens is 1. The zero-order chi connectivity index (χ0) is 19.1. The Morgan fingerprint density at radius 3 is 2.52 bits per heavy atom. The van der Waals surface area contributed by atoms with Crippen LogP contribution in [0.4, 0.5) is 0 Å². The van der Waals surface area contributed by atoms with Crippen molar-refractivity contribution in [1.82, 2.24) is 15.8 Å². The number of hydrogen-bond acceptors (Lipinski definition) is 4. The van der Waals surface area contributed by atoms with Gasteiger partial charge in [0.2, 0.25) is 11.7 Å². The first-order valence-corrected chi connectivity index (χ1v) is 9.37. The number of hydrogen-bond donors (Lipinski definition) is 2. The topological polar surface area (TPSA) is 84.2 Å². The number of benzene rings is 1. The third kappa shape index (κ3) is 4.84. The zero-order valence-corrected chi connectivity index (χ0v) is 15.4. The van der Waals surface area contributed by atoms with Crippen molar-refractivity contribution in [2.75, 3.05) is 6.54 Å². The SMILES string of the molecule is C=CC(=O)NC1(CNC(=O)c2cc(-c3ccccc3)no2)CCCCCC1. The van der Waals surface area contributed by atoms with Gasteiger partial charge in [0.05, 0.1) is 5.54 Å². The summed E-state index contributed by atoms with van der Waals surface area (Å²) in [6.45, 7) is 3.89. The highest BCUT2D eigenvalue weighted by molar-refractivity contribution is 5.92. The molecule has 6 heteroatoms. The Hall–Kier alpha value is -2.89. The molecular weight excluding hydrogens is 342 g/mol. The summed E-state index contributed by atoms with van der Waals surface area (Å²) in [4.78, 5) is 24.4. The lowest BCUT2D eigenvalue weighted by Crippen LogP contribution is -2.55. The van der Waals surface area contributed by atoms with E-state index in [1.165, 1.54) is 6.08 Å². The molecule has 3 rings (SSSR count). The van der Waals surface area contributed by atoms with E-state index >= 15 is 0 Å². The lowest BCUT2D eigenvalue weighted by Gasteiger charge is -2.33. The van der Waals surface area contributed by atoms with E-state index in [1.807, 2.05) is 30.3 Å². The van der Waals surface area contributed by atoms with E-state index in [9.17, 15) is 9.59 Å². The van der Waals surface area contributed by atoms with Crippen LogP contribution >= 0.6 is 0 Å². The fourth-order valence-electron chi connectivity index (χ4n) is 3.53. The smallest absolute Gasteiger partial charge is 0.289 e. The molecule has 1 aliphatic rings. The lowest BCUT2D eigenvalue weighted by atomic mass is 9.89. The zero-order valence-electron chi connectivity index (χ0n) is 15.4. The molecule has 2 amide bonds. The third-order valence-corrected chi connectivity index (χ3v) is 5.03. The quantitative estimate of drug-likeness (QED) is 0.605. The van der Waals surface area contributed by atoms with Crippen LogP contribution in [0.2, 0.25) is 0 Å². The van der Waals surface area contributed by atoms with Crippen molar-refractivity contribution in [3.63, 3.8) is 0 Å². The van der Waals surface area contributed by atoms with Gasteiger partial charge >= 0.3 is 0 Å². The third-order valence-electron chi connectivity index (χ3n) is 5.03. The molecule has 0 atom stereocenters. The molecule has 0 spiro atoms. The van der Waals surface area contributed by atoms with E-state index < -0.39 is 5.54 Å². The van der Waals surface area contributed by atoms with Crippen molar-refractivity contribution in [1.29, 1.82) is 0 Å². The van der Waals surface area contributed by atoms with Gasteiger partial charge in [0.1, 0.15) is 5.69 Å². The Balaban J connectivity index is 1.68. The summed E-state index contributed by atoms with van der Waals surface area (Å²) in [6, 6.07) is 11.2. The Kier molecular flexibility index (Phi) is 6.06. The first-order chi connectivity index (χ1) is 13.1. The molecule has 1 saturated carbocycles. The maximum atomic E-state index is 12.5. The van der Waals surface area contributed by atoms with Crippen LogP contribution in [0.5, 0.6) is 0 Å². The van der Waals surface area contributed by atoms with Gasteiger partial charge in [-0.3, -0.25) is 9.59 Å². The first-order valence-electron chi connectivity index (χ1n) is 9.37. The van der Waals surface area contributed by atoms with Crippen LogP contribution in [-0.2, 0) is 4.79 Å². The molecule has 6 nitrogen and oxygen atoms in total. The van der Waals surface area contributed by atoms with E-state index in [2.05, 4.69) is 22.4 Å². The molecule has 1 fully saturated rings. The van der Waals surface area contributed by atoms with Crippen LogP contribution in [0.15, 0.2) is 53.6 Å². The number of nitrogens with zero attached hydrogens (tertiary/aromatic N) is 1. The largest absolute Gasteiger partial charge is 0.350 e. The summed E-state index contributed by atoms with van der Waals surface area (Å²) < 4.78 is 5.22. The second-order valence-corrected chi connectivity index (χ2v) is 7.01. The van der Waals surface area contributed by atoms with Crippen LogP contribution in [-0.4, -0.2) is 29.1 Å². The molecule has 2 N–H and O–H groups in total. The summed E-state index contributed by atoms with van der Waals surface area (Å²) in [5.41, 5.74) is 1.06. The second-order valence-electron chi connectivity index (χ2n) is 7.01. The Morgan fingerprint density at radius 1 is 1.15 bits per heavy atom. The molecular formula is C21H25N3O3. The number of nitrogens with one attached hydrogen (secondary N) is 2. The minimum absolute atomic E-state index is 0.160. The fraction of sp³-hybridized carbons (Fsp3) is 0.381. The normalized spacial score (nSPS) is 16.1. The predicted molar refractivity (Wildman–Crippen MR) is 103 cm³/mol. The summed E-state index contributed by atoms with van der Waals surface area (Å²) >= 11 is 0. The molecule has 142 valence electrons. The Morgan fingerprint density at radius 2 is 1.85 bits per heavy atom. The van der Waals surface area contributed by atoms with Crippen LogP contribution in [0.1, 0.15) is 49.1 Å². The van der Waals surface area contributed by atoms with Gasteiger partial charge in [0.25, 0.3) is 5.91 Å². The summed E-state index contributed by atoms with van der Waals surface area (Å²) in [5, 5.41) is 9.93. The van der Waals surface area contributed by atoms with Crippen LogP contribution in [0.3, 0.4) is 0 Å². The molecule has 1 aromatic heterocycles. The van der Waals surface area contributed by atoms with Gasteiger partial charge in [-0.15, -0.1) is 0 Å². The van der Waals surface area contributed by atoms with Crippen molar-refractivity contribution in [2.24, 2.45) is 0 Å². The average molecular weight is 367 g/mol. The summed E-state index contributed by atoms with van der Waals surface area (Å²) in [7, 11) is 0. The molecule has 2 aromatic rings. The Labute approximate surface area is 159 Å². The molecule has 0 bridgehead atoms. The van der Waals surface area contributed by atoms with Crippen molar-refractivity contribution in [3.05, 3.63) is 54.8 Å². The van der Waals surface area contributed by atoms with Crippen molar-refractivity contribution < 1.29 is 14.1 Å². The molecule has 1 aromatic carbocycles. The molecule has 1 heterocycles. The second kappa shape index (κ2) is 8.66. The standard InChI is InChI=1S/C21H25N3O3/c1-2-19(25)23-21(12-8-3-4-9-13-21)15-22-20(26)18-14-17(24-27-18)16-10-6-5-7-11-16/h2,5-7,10-11,14H,1,3-4,8-9,12-13,15H2,(H,22,26)(H,23,25). The average Bonchev–Trinajstić information content (AvgIpc) is 3.09. The molecule has 0 saturated heterocycles. The van der Waals surface area contributed by atoms with Gasteiger partial charge in [0.15, 0.2) is 0 Å². The van der Waals surface area contributed by atoms with Crippen molar-refractivity contribution in [2.45, 2.75) is 44.1 Å². The van der Waals surface area contributed by atoms with Gasteiger partial charge in [-0.2, -0.15) is 0 Å². The molecule has 1 aliphatic carbocycles. The Bertz CT molecular complexity index is 790. The van der Waals surface area contributed by atoms with E-state index in [0.29, 0.717) is 12.2 Å². The van der Waals surface area contributed by atoms with E-state index in [-0.39, 0.29) is 17.6 Å². The number of carbonyl (C=O) groups excluding carboxylic acids is 2. The molecule has 0 unspecified atom stereocenters. The fourth-order valence-corrected chi connectivity index (χ4v) is 3.53. The monoisotopic (exact) mass is 367 g/mol. The van der Waals surface area contributed by atoms with Crippen molar-refractivity contribution in [3.8, 4) is 11.3 Å². The minimum atomic E-state index is -0.445. The predicted octanol–water partition coefficient (Wildman–Crippen LogP) is 3.47. The summed E-state index contributed by atoms with van der Waals surface area (Å²) in [6.07, 6.45) is 7.26. The van der Waals surface area contributed by atoms with Crippen LogP contribution < -0.4 is 10.6 Å². The number of carbonyl (C=O) groups is 2. The van der Waals surface area contributed by atoms with Crippen LogP contribution in [0.25, 0.3) is 11.3 Å². The van der Waals surface area contributed by atoms with Crippen LogP contribution in [0, 0.1) is 0 Å². The first kappa shape index (κ1) is 18.9. The molecule has 27 heavy (non-hydrogen) atoms. The number of amides is 2. The van der Waals surface area contributed by atoms with E-state index in [1.54, 1.807) is 6.07 Å². The molecule has 0 aliphatic heterocycles. The lowest BCUT2D eigenvalue weighted by molar-refractivity contribution is -0.118. The van der Waals surface area contributed by atoms with Gasteiger partial charge in [-0.05, 0) is 18.9 Å². The summed E-state index contributed by atoms with van der Waals surface area (Å²) in [5.74, 6) is -0.383. The van der Waals surface area contributed by atoms with Gasteiger partial charge < -0.3 is 15.2 Å². The highest BCUT2D eigenvalue weighted by Crippen LogP contribution is 2.27. The van der Waals surface area contributed by atoms with Gasteiger partial charge in [-0.1, -0.05) is 67.8 Å². The van der Waals surface area contributed by atoms with Crippen molar-refractivity contribution >= 4 is 11.8 Å². The highest BCUT2D eigenvalue weighted by Gasteiger charge is 2.33. The molecule has 0 radical (unpaired) electrons. The maximum Gasteiger partial charge on any atom is 0.289 e. The minimum Gasteiger partial charge on any atom is -0.350 e. The van der Waals surface area contributed by atoms with Gasteiger partial charge in [-0.25, -0.2) is 0 Å². The highest BCUT2D eigenvalue weighted by atomic mass is 16.5. The number of rotatable bonds is 6.